The summed E-state index contributed by atoms with van der Waals surface area (Å²) in [5, 5.41) is 32.7. The number of hydrogen-bond acceptors (Lipinski definition) is 7. The number of carbonyl (C=O) groups is 1. The van der Waals surface area contributed by atoms with Gasteiger partial charge in [0.25, 0.3) is 5.91 Å². The fourth-order valence-corrected chi connectivity index (χ4v) is 3.81. The number of hydrogen-bond donors (Lipinski definition) is 3. The van der Waals surface area contributed by atoms with Crippen LogP contribution >= 0.6 is 23.4 Å². The lowest BCUT2D eigenvalue weighted by Crippen LogP contribution is -2.20. The summed E-state index contributed by atoms with van der Waals surface area (Å²) >= 11 is 7.25. The summed E-state index contributed by atoms with van der Waals surface area (Å²) in [5.74, 6) is 0.110. The van der Waals surface area contributed by atoms with Crippen LogP contribution in [0.5, 0.6) is 11.5 Å². The quantitative estimate of drug-likeness (QED) is 0.207. The van der Waals surface area contributed by atoms with Gasteiger partial charge in [0.15, 0.2) is 11.0 Å². The van der Waals surface area contributed by atoms with Crippen LogP contribution in [0, 0.1) is 0 Å². The lowest BCUT2D eigenvalue weighted by atomic mass is 10.2. The molecule has 1 amide bonds. The molecular weight excluding hydrogens is 462 g/mol. The van der Waals surface area contributed by atoms with E-state index < -0.39 is 0 Å². The van der Waals surface area contributed by atoms with Crippen LogP contribution in [0.4, 0.5) is 0 Å². The molecule has 0 saturated heterocycles. The molecule has 0 aliphatic rings. The molecule has 4 aromatic rings. The molecule has 0 bridgehead atoms. The van der Waals surface area contributed by atoms with E-state index in [0.29, 0.717) is 21.6 Å². The second-order valence-electron chi connectivity index (χ2n) is 6.81. The van der Waals surface area contributed by atoms with Crippen molar-refractivity contribution < 1.29 is 15.0 Å². The zero-order chi connectivity index (χ0) is 23.2. The van der Waals surface area contributed by atoms with Gasteiger partial charge in [-0.15, -0.1) is 10.2 Å². The number of phenols is 2. The summed E-state index contributed by atoms with van der Waals surface area (Å²) in [6.45, 7) is 0. The van der Waals surface area contributed by atoms with E-state index in [1.165, 1.54) is 36.2 Å². The molecule has 0 saturated carbocycles. The summed E-state index contributed by atoms with van der Waals surface area (Å²) in [6.07, 6.45) is 1.29. The van der Waals surface area contributed by atoms with Gasteiger partial charge in [0, 0.05) is 27.9 Å². The average molecular weight is 480 g/mol. The van der Waals surface area contributed by atoms with Crippen molar-refractivity contribution in [1.29, 1.82) is 0 Å². The van der Waals surface area contributed by atoms with Crippen molar-refractivity contribution in [3.05, 3.63) is 83.4 Å². The van der Waals surface area contributed by atoms with Crippen molar-refractivity contribution in [1.82, 2.24) is 20.2 Å². The van der Waals surface area contributed by atoms with Gasteiger partial charge in [-0.3, -0.25) is 9.36 Å². The zero-order valence-electron chi connectivity index (χ0n) is 17.1. The molecule has 0 spiro atoms. The lowest BCUT2D eigenvalue weighted by Gasteiger charge is -2.10. The highest BCUT2D eigenvalue weighted by molar-refractivity contribution is 7.99. The van der Waals surface area contributed by atoms with Crippen LogP contribution in [0.2, 0.25) is 5.02 Å². The Morgan fingerprint density at radius 1 is 1.06 bits per heavy atom. The predicted octanol–water partition coefficient (Wildman–Crippen LogP) is 4.24. The molecule has 0 aliphatic carbocycles. The fourth-order valence-electron chi connectivity index (χ4n) is 2.94. The Morgan fingerprint density at radius 3 is 2.55 bits per heavy atom. The highest BCUT2D eigenvalue weighted by atomic mass is 35.5. The molecule has 1 aromatic heterocycles. The highest BCUT2D eigenvalue weighted by Gasteiger charge is 2.17. The molecule has 33 heavy (non-hydrogen) atoms. The molecule has 4 rings (SSSR count). The second-order valence-corrected chi connectivity index (χ2v) is 8.19. The topological polar surface area (TPSA) is 113 Å². The first-order chi connectivity index (χ1) is 16.0. The lowest BCUT2D eigenvalue weighted by molar-refractivity contribution is -0.118. The van der Waals surface area contributed by atoms with E-state index in [9.17, 15) is 15.0 Å². The molecule has 10 heteroatoms. The number of phenolic OH excluding ortho intramolecular Hbond substituents is 2. The molecule has 3 N–H and O–H groups in total. The van der Waals surface area contributed by atoms with Crippen LogP contribution in [-0.2, 0) is 4.79 Å². The Balaban J connectivity index is 1.49. The van der Waals surface area contributed by atoms with E-state index in [0.717, 1.165) is 11.3 Å². The highest BCUT2D eigenvalue weighted by Crippen LogP contribution is 2.28. The molecule has 0 aliphatic heterocycles. The van der Waals surface area contributed by atoms with Crippen LogP contribution in [-0.4, -0.2) is 42.9 Å². The first kappa shape index (κ1) is 22.4. The molecule has 8 nitrogen and oxygen atoms in total. The van der Waals surface area contributed by atoms with Gasteiger partial charge in [-0.05, 0) is 36.4 Å². The maximum atomic E-state index is 12.3. The number of rotatable bonds is 7. The largest absolute Gasteiger partial charge is 0.508 e. The molecular formula is C23H18ClN5O3S. The van der Waals surface area contributed by atoms with E-state index in [1.807, 2.05) is 47.0 Å². The smallest absolute Gasteiger partial charge is 0.250 e. The molecule has 0 atom stereocenters. The van der Waals surface area contributed by atoms with Gasteiger partial charge in [0.2, 0.25) is 0 Å². The van der Waals surface area contributed by atoms with E-state index >= 15 is 0 Å². The van der Waals surface area contributed by atoms with E-state index in [-0.39, 0.29) is 23.2 Å². The van der Waals surface area contributed by atoms with Crippen molar-refractivity contribution in [2.75, 3.05) is 5.75 Å². The van der Waals surface area contributed by atoms with Crippen LogP contribution in [0.25, 0.3) is 17.1 Å². The number of nitrogens with zero attached hydrogens (tertiary/aromatic N) is 4. The molecule has 1 heterocycles. The van der Waals surface area contributed by atoms with Crippen LogP contribution < -0.4 is 5.43 Å². The minimum absolute atomic E-state index is 0.0411. The Labute approximate surface area is 198 Å². The average Bonchev–Trinajstić information content (AvgIpc) is 3.24. The van der Waals surface area contributed by atoms with Crippen molar-refractivity contribution in [2.45, 2.75) is 5.16 Å². The van der Waals surface area contributed by atoms with E-state index in [2.05, 4.69) is 20.7 Å². The fraction of sp³-hybridized carbons (Fsp3) is 0.0435. The first-order valence-corrected chi connectivity index (χ1v) is 11.1. The molecule has 166 valence electrons. The van der Waals surface area contributed by atoms with Crippen molar-refractivity contribution in [3.63, 3.8) is 0 Å². The Bertz CT molecular complexity index is 1290. The molecule has 0 fully saturated rings. The summed E-state index contributed by atoms with van der Waals surface area (Å²) in [4.78, 5) is 12.3. The van der Waals surface area contributed by atoms with Crippen molar-refractivity contribution in [3.8, 4) is 28.6 Å². The van der Waals surface area contributed by atoms with Crippen LogP contribution in [0.1, 0.15) is 5.56 Å². The molecule has 3 aromatic carbocycles. The zero-order valence-corrected chi connectivity index (χ0v) is 18.7. The van der Waals surface area contributed by atoms with Gasteiger partial charge in [-0.1, -0.05) is 53.7 Å². The number of aromatic hydroxyl groups is 2. The molecule has 0 unspecified atom stereocenters. The third kappa shape index (κ3) is 5.51. The third-order valence-corrected chi connectivity index (χ3v) is 5.67. The maximum Gasteiger partial charge on any atom is 0.250 e. The van der Waals surface area contributed by atoms with Crippen LogP contribution in [0.15, 0.2) is 83.1 Å². The number of nitrogens with one attached hydrogen (secondary N) is 1. The molecule has 0 radical (unpaired) electrons. The van der Waals surface area contributed by atoms with Gasteiger partial charge in [0.05, 0.1) is 12.0 Å². The first-order valence-electron chi connectivity index (χ1n) is 9.75. The summed E-state index contributed by atoms with van der Waals surface area (Å²) in [6, 6.07) is 21.0. The van der Waals surface area contributed by atoms with Crippen LogP contribution in [0.3, 0.4) is 0 Å². The Hall–Kier alpha value is -3.82. The van der Waals surface area contributed by atoms with Crippen molar-refractivity contribution >= 4 is 35.5 Å². The van der Waals surface area contributed by atoms with Crippen molar-refractivity contribution in [2.24, 2.45) is 5.10 Å². The Morgan fingerprint density at radius 2 is 1.82 bits per heavy atom. The second kappa shape index (κ2) is 10.2. The predicted molar refractivity (Wildman–Crippen MR) is 128 cm³/mol. The SMILES string of the molecule is O=C(CSc1nnc(-c2ccccc2)n1-c1ccc(Cl)cc1)N/N=C/c1ccc(O)cc1O. The summed E-state index contributed by atoms with van der Waals surface area (Å²) < 4.78 is 1.86. The third-order valence-electron chi connectivity index (χ3n) is 4.49. The Kier molecular flexibility index (Phi) is 6.92. The number of thioether (sulfide) groups is 1. The summed E-state index contributed by atoms with van der Waals surface area (Å²) in [5.41, 5.74) is 4.46. The van der Waals surface area contributed by atoms with E-state index in [4.69, 9.17) is 11.6 Å². The van der Waals surface area contributed by atoms with Gasteiger partial charge < -0.3 is 10.2 Å². The van der Waals surface area contributed by atoms with E-state index in [1.54, 1.807) is 12.1 Å². The number of aromatic nitrogens is 3. The monoisotopic (exact) mass is 479 g/mol. The summed E-state index contributed by atoms with van der Waals surface area (Å²) in [7, 11) is 0. The number of benzene rings is 3. The number of halogens is 1. The number of carbonyl (C=O) groups excluding carboxylic acids is 1. The minimum Gasteiger partial charge on any atom is -0.508 e. The van der Waals surface area contributed by atoms with Gasteiger partial charge in [0.1, 0.15) is 11.5 Å². The maximum absolute atomic E-state index is 12.3. The van der Waals surface area contributed by atoms with Gasteiger partial charge in [-0.2, -0.15) is 5.10 Å². The number of hydrazone groups is 1. The number of amides is 1. The normalized spacial score (nSPS) is 11.1. The minimum atomic E-state index is -0.360. The standard InChI is InChI=1S/C23H18ClN5O3S/c24-17-7-9-18(10-8-17)29-22(15-4-2-1-3-5-15)27-28-23(29)33-14-21(32)26-25-13-16-6-11-19(30)12-20(16)31/h1-13,30-31H,14H2,(H,26,32)/b25-13+. The van der Waals surface area contributed by atoms with Gasteiger partial charge >= 0.3 is 0 Å². The van der Waals surface area contributed by atoms with Gasteiger partial charge in [-0.25, -0.2) is 5.43 Å².